The van der Waals surface area contributed by atoms with Crippen LogP contribution in [0.1, 0.15) is 11.1 Å². The summed E-state index contributed by atoms with van der Waals surface area (Å²) in [6.45, 7) is 1.35. The first-order valence-electron chi connectivity index (χ1n) is 6.07. The van der Waals surface area contributed by atoms with Crippen LogP contribution in [0, 0.1) is 0 Å². The van der Waals surface area contributed by atoms with E-state index in [4.69, 9.17) is 4.74 Å². The van der Waals surface area contributed by atoms with E-state index in [-0.39, 0.29) is 30.5 Å². The third-order valence-electron chi connectivity index (χ3n) is 2.54. The first kappa shape index (κ1) is 20.0. The van der Waals surface area contributed by atoms with E-state index in [0.29, 0.717) is 24.7 Å². The van der Waals surface area contributed by atoms with E-state index in [9.17, 15) is 13.2 Å². The van der Waals surface area contributed by atoms with Gasteiger partial charge in [0.15, 0.2) is 5.96 Å². The Morgan fingerprint density at radius 1 is 1.29 bits per heavy atom. The molecule has 0 atom stereocenters. The summed E-state index contributed by atoms with van der Waals surface area (Å²) in [4.78, 5) is 3.96. The van der Waals surface area contributed by atoms with Crippen molar-refractivity contribution in [1.82, 2.24) is 10.6 Å². The van der Waals surface area contributed by atoms with Crippen LogP contribution in [0.15, 0.2) is 29.3 Å². The summed E-state index contributed by atoms with van der Waals surface area (Å²) >= 11 is 0. The van der Waals surface area contributed by atoms with Gasteiger partial charge in [0.2, 0.25) is 0 Å². The van der Waals surface area contributed by atoms with Crippen LogP contribution in [0.4, 0.5) is 13.2 Å². The minimum atomic E-state index is -4.32. The van der Waals surface area contributed by atoms with Crippen molar-refractivity contribution < 1.29 is 17.9 Å². The van der Waals surface area contributed by atoms with Gasteiger partial charge in [-0.15, -0.1) is 24.0 Å². The molecule has 0 aromatic heterocycles. The predicted molar refractivity (Wildman–Crippen MR) is 86.9 cm³/mol. The fraction of sp³-hybridized carbons (Fsp3) is 0.462. The van der Waals surface area contributed by atoms with Crippen LogP contribution in [0.5, 0.6) is 0 Å². The van der Waals surface area contributed by atoms with Crippen LogP contribution in [0.2, 0.25) is 0 Å². The minimum absolute atomic E-state index is 0. The summed E-state index contributed by atoms with van der Waals surface area (Å²) in [5.74, 6) is 0.513. The summed E-state index contributed by atoms with van der Waals surface area (Å²) in [5, 5.41) is 5.92. The number of hydrogen-bond acceptors (Lipinski definition) is 2. The molecule has 0 amide bonds. The Morgan fingerprint density at radius 3 is 2.57 bits per heavy atom. The van der Waals surface area contributed by atoms with E-state index in [1.807, 2.05) is 0 Å². The second-order valence-electron chi connectivity index (χ2n) is 4.04. The molecule has 0 radical (unpaired) electrons. The molecule has 0 aliphatic heterocycles. The number of aliphatic imine (C=N–C) groups is 1. The van der Waals surface area contributed by atoms with Crippen molar-refractivity contribution in [2.45, 2.75) is 12.7 Å². The standard InChI is InChI=1S/C13H18F3N3O.HI/c1-17-12(18-6-7-20-2)19-9-10-4-3-5-11(8-10)13(14,15)16;/h3-5,8H,6-7,9H2,1-2H3,(H2,17,18,19);1H. The molecule has 1 rings (SSSR count). The monoisotopic (exact) mass is 417 g/mol. The van der Waals surface area contributed by atoms with Gasteiger partial charge in [0.05, 0.1) is 12.2 Å². The molecule has 1 aromatic carbocycles. The Kier molecular flexibility index (Phi) is 9.34. The van der Waals surface area contributed by atoms with Gasteiger partial charge in [-0.2, -0.15) is 13.2 Å². The number of guanidine groups is 1. The molecule has 0 spiro atoms. The lowest BCUT2D eigenvalue weighted by Gasteiger charge is -2.13. The molecule has 0 saturated carbocycles. The zero-order valence-electron chi connectivity index (χ0n) is 11.8. The molecule has 4 nitrogen and oxygen atoms in total. The SMILES string of the molecule is CN=C(NCCOC)NCc1cccc(C(F)(F)F)c1.I. The molecule has 2 N–H and O–H groups in total. The number of rotatable bonds is 5. The molecule has 120 valence electrons. The quantitative estimate of drug-likeness (QED) is 0.335. The van der Waals surface area contributed by atoms with Crippen LogP contribution in [0.25, 0.3) is 0 Å². The zero-order valence-corrected chi connectivity index (χ0v) is 14.2. The van der Waals surface area contributed by atoms with Crippen molar-refractivity contribution >= 4 is 29.9 Å². The molecule has 8 heteroatoms. The molecular formula is C13H19F3IN3O. The van der Waals surface area contributed by atoms with E-state index in [2.05, 4.69) is 15.6 Å². The van der Waals surface area contributed by atoms with Crippen molar-refractivity contribution in [2.75, 3.05) is 27.3 Å². The number of halogens is 4. The Hall–Kier alpha value is -1.03. The lowest BCUT2D eigenvalue weighted by atomic mass is 10.1. The fourth-order valence-electron chi connectivity index (χ4n) is 1.54. The number of benzene rings is 1. The normalized spacial score (nSPS) is 11.8. The maximum atomic E-state index is 12.6. The van der Waals surface area contributed by atoms with E-state index in [1.165, 1.54) is 6.07 Å². The Bertz CT molecular complexity index is 453. The van der Waals surface area contributed by atoms with E-state index in [0.717, 1.165) is 12.1 Å². The number of ether oxygens (including phenoxy) is 1. The van der Waals surface area contributed by atoms with Gasteiger partial charge in [0.25, 0.3) is 0 Å². The highest BCUT2D eigenvalue weighted by molar-refractivity contribution is 14.0. The van der Waals surface area contributed by atoms with E-state index in [1.54, 1.807) is 20.2 Å². The molecule has 0 fully saturated rings. The van der Waals surface area contributed by atoms with E-state index >= 15 is 0 Å². The van der Waals surface area contributed by atoms with Crippen molar-refractivity contribution in [3.63, 3.8) is 0 Å². The molecule has 1 aromatic rings. The first-order chi connectivity index (χ1) is 9.47. The van der Waals surface area contributed by atoms with Gasteiger partial charge in [-0.3, -0.25) is 4.99 Å². The molecular weight excluding hydrogens is 398 g/mol. The highest BCUT2D eigenvalue weighted by Gasteiger charge is 2.30. The predicted octanol–water partition coefficient (Wildman–Crippen LogP) is 2.63. The molecule has 0 heterocycles. The average Bonchev–Trinajstić information content (AvgIpc) is 2.42. The average molecular weight is 417 g/mol. The summed E-state index contributed by atoms with van der Waals surface area (Å²) in [6.07, 6.45) is -4.32. The van der Waals surface area contributed by atoms with Crippen LogP contribution in [0.3, 0.4) is 0 Å². The molecule has 0 saturated heterocycles. The van der Waals surface area contributed by atoms with Crippen molar-refractivity contribution in [1.29, 1.82) is 0 Å². The van der Waals surface area contributed by atoms with Crippen LogP contribution in [-0.4, -0.2) is 33.3 Å². The molecule has 21 heavy (non-hydrogen) atoms. The van der Waals surface area contributed by atoms with Gasteiger partial charge in [-0.05, 0) is 17.7 Å². The third-order valence-corrected chi connectivity index (χ3v) is 2.54. The number of nitrogens with zero attached hydrogens (tertiary/aromatic N) is 1. The summed E-state index contributed by atoms with van der Waals surface area (Å²) in [7, 11) is 3.18. The molecule has 0 aliphatic rings. The second kappa shape index (κ2) is 9.82. The highest BCUT2D eigenvalue weighted by Crippen LogP contribution is 2.29. The topological polar surface area (TPSA) is 45.7 Å². The van der Waals surface area contributed by atoms with E-state index < -0.39 is 11.7 Å². The number of methoxy groups -OCH3 is 1. The largest absolute Gasteiger partial charge is 0.416 e. The van der Waals surface area contributed by atoms with Gasteiger partial charge in [-0.1, -0.05) is 12.1 Å². The summed E-state index contributed by atoms with van der Waals surface area (Å²) in [5.41, 5.74) is -0.117. The number of alkyl halides is 3. The zero-order chi connectivity index (χ0) is 15.0. The maximum Gasteiger partial charge on any atom is 0.416 e. The molecule has 0 unspecified atom stereocenters. The van der Waals surface area contributed by atoms with Crippen molar-refractivity contribution in [2.24, 2.45) is 4.99 Å². The Morgan fingerprint density at radius 2 is 2.00 bits per heavy atom. The van der Waals surface area contributed by atoms with Crippen LogP contribution in [-0.2, 0) is 17.5 Å². The van der Waals surface area contributed by atoms with Gasteiger partial charge in [-0.25, -0.2) is 0 Å². The number of hydrogen-bond donors (Lipinski definition) is 2. The Balaban J connectivity index is 0.00000400. The number of nitrogens with one attached hydrogen (secondary N) is 2. The van der Waals surface area contributed by atoms with Gasteiger partial charge < -0.3 is 15.4 Å². The molecule has 0 bridgehead atoms. The van der Waals surface area contributed by atoms with Crippen molar-refractivity contribution in [3.05, 3.63) is 35.4 Å². The van der Waals surface area contributed by atoms with Gasteiger partial charge in [0.1, 0.15) is 0 Å². The first-order valence-corrected chi connectivity index (χ1v) is 6.07. The third kappa shape index (κ3) is 7.51. The second-order valence-corrected chi connectivity index (χ2v) is 4.04. The smallest absolute Gasteiger partial charge is 0.383 e. The lowest BCUT2D eigenvalue weighted by molar-refractivity contribution is -0.137. The fourth-order valence-corrected chi connectivity index (χ4v) is 1.54. The van der Waals surface area contributed by atoms with Gasteiger partial charge >= 0.3 is 6.18 Å². The summed E-state index contributed by atoms with van der Waals surface area (Å²) < 4.78 is 42.6. The summed E-state index contributed by atoms with van der Waals surface area (Å²) in [6, 6.07) is 5.19. The van der Waals surface area contributed by atoms with Crippen LogP contribution < -0.4 is 10.6 Å². The molecule has 0 aliphatic carbocycles. The maximum absolute atomic E-state index is 12.6. The van der Waals surface area contributed by atoms with Crippen LogP contribution >= 0.6 is 24.0 Å². The minimum Gasteiger partial charge on any atom is -0.383 e. The van der Waals surface area contributed by atoms with Crippen molar-refractivity contribution in [3.8, 4) is 0 Å². The lowest BCUT2D eigenvalue weighted by Crippen LogP contribution is -2.38. The highest BCUT2D eigenvalue weighted by atomic mass is 127. The Labute approximate surface area is 139 Å². The van der Waals surface area contributed by atoms with Gasteiger partial charge in [0, 0.05) is 27.2 Å².